The number of nitrogens with zero attached hydrogens (tertiary/aromatic N) is 2. The van der Waals surface area contributed by atoms with Crippen molar-refractivity contribution in [2.75, 3.05) is 0 Å². The Balaban J connectivity index is 1.37. The van der Waals surface area contributed by atoms with Crippen molar-refractivity contribution < 1.29 is 18.0 Å². The van der Waals surface area contributed by atoms with Gasteiger partial charge in [0.2, 0.25) is 21.8 Å². The molecule has 43 heavy (non-hydrogen) atoms. The monoisotopic (exact) mass is 616 g/mol. The van der Waals surface area contributed by atoms with E-state index < -0.39 is 16.1 Å². The molecule has 4 aromatic rings. The van der Waals surface area contributed by atoms with E-state index in [1.165, 1.54) is 0 Å². The Morgan fingerprint density at radius 1 is 0.884 bits per heavy atom. The zero-order chi connectivity index (χ0) is 30.2. The molecule has 1 aromatic heterocycles. The number of pyridine rings is 1. The van der Waals surface area contributed by atoms with E-state index in [2.05, 4.69) is 15.0 Å². The highest BCUT2D eigenvalue weighted by Gasteiger charge is 2.32. The topological polar surface area (TPSA) is 108 Å². The zero-order valence-corrected chi connectivity index (χ0v) is 25.1. The van der Waals surface area contributed by atoms with Crippen LogP contribution in [0.15, 0.2) is 108 Å². The molecule has 1 heterocycles. The molecule has 2 amide bonds. The number of rotatable bonds is 13. The number of sulfonamides is 1. The highest BCUT2D eigenvalue weighted by molar-refractivity contribution is 7.89. The molecule has 1 aliphatic carbocycles. The van der Waals surface area contributed by atoms with Crippen molar-refractivity contribution in [2.24, 2.45) is 0 Å². The summed E-state index contributed by atoms with van der Waals surface area (Å²) in [5, 5.41) is 3.54. The van der Waals surface area contributed by atoms with E-state index in [9.17, 15) is 18.0 Å². The minimum atomic E-state index is -3.56. The molecule has 0 aliphatic heterocycles. The quantitative estimate of drug-likeness (QED) is 0.215. The lowest BCUT2D eigenvalue weighted by molar-refractivity contribution is -0.141. The van der Waals surface area contributed by atoms with E-state index in [1.807, 2.05) is 60.7 Å². The molecular formula is C33H33ClN4O4S. The molecule has 10 heteroatoms. The molecule has 1 atom stereocenters. The zero-order valence-electron chi connectivity index (χ0n) is 23.5. The fourth-order valence-electron chi connectivity index (χ4n) is 4.71. The lowest BCUT2D eigenvalue weighted by atomic mass is 10.0. The third-order valence-electron chi connectivity index (χ3n) is 7.19. The van der Waals surface area contributed by atoms with E-state index in [-0.39, 0.29) is 42.3 Å². The van der Waals surface area contributed by atoms with Crippen molar-refractivity contribution in [3.63, 3.8) is 0 Å². The molecule has 0 saturated heterocycles. The normalized spacial score (nSPS) is 13.7. The highest BCUT2D eigenvalue weighted by Crippen LogP contribution is 2.26. The number of hydrogen-bond donors (Lipinski definition) is 2. The van der Waals surface area contributed by atoms with Gasteiger partial charge in [-0.2, -0.15) is 0 Å². The van der Waals surface area contributed by atoms with Gasteiger partial charge >= 0.3 is 0 Å². The van der Waals surface area contributed by atoms with Gasteiger partial charge in [0.15, 0.2) is 0 Å². The maximum absolute atomic E-state index is 13.9. The Bertz CT molecular complexity index is 1630. The summed E-state index contributed by atoms with van der Waals surface area (Å²) < 4.78 is 27.8. The van der Waals surface area contributed by atoms with Crippen LogP contribution in [0.2, 0.25) is 5.02 Å². The molecule has 0 unspecified atom stereocenters. The molecule has 0 spiro atoms. The first-order valence-electron chi connectivity index (χ1n) is 14.2. The van der Waals surface area contributed by atoms with Gasteiger partial charge in [0, 0.05) is 30.2 Å². The fraction of sp³-hybridized carbons (Fsp3) is 0.242. The van der Waals surface area contributed by atoms with Crippen LogP contribution in [0.3, 0.4) is 0 Å². The minimum absolute atomic E-state index is 0.0210. The Kier molecular flexibility index (Phi) is 9.86. The van der Waals surface area contributed by atoms with Gasteiger partial charge in [-0.15, -0.1) is 0 Å². The predicted octanol–water partition coefficient (Wildman–Crippen LogP) is 5.19. The summed E-state index contributed by atoms with van der Waals surface area (Å²) in [4.78, 5) is 33.8. The van der Waals surface area contributed by atoms with Crippen LogP contribution in [0.25, 0.3) is 0 Å². The second-order valence-corrected chi connectivity index (χ2v) is 12.7. The Hall–Kier alpha value is -4.05. The van der Waals surface area contributed by atoms with Gasteiger partial charge in [0.25, 0.3) is 0 Å². The highest BCUT2D eigenvalue weighted by atomic mass is 35.5. The van der Waals surface area contributed by atoms with Crippen LogP contribution in [-0.2, 0) is 39.1 Å². The van der Waals surface area contributed by atoms with E-state index >= 15 is 0 Å². The summed E-state index contributed by atoms with van der Waals surface area (Å²) in [6, 6.07) is 27.6. The van der Waals surface area contributed by atoms with Crippen LogP contribution in [-0.4, -0.2) is 36.2 Å². The first-order chi connectivity index (χ1) is 20.8. The van der Waals surface area contributed by atoms with E-state index in [0.717, 1.165) is 24.0 Å². The van der Waals surface area contributed by atoms with Crippen molar-refractivity contribution in [2.45, 2.75) is 55.8 Å². The largest absolute Gasteiger partial charge is 0.348 e. The Labute approximate surface area is 257 Å². The number of aromatic nitrogens is 1. The summed E-state index contributed by atoms with van der Waals surface area (Å²) in [6.07, 6.45) is 3.88. The second kappa shape index (κ2) is 13.9. The van der Waals surface area contributed by atoms with Crippen molar-refractivity contribution in [3.05, 3.63) is 131 Å². The lowest BCUT2D eigenvalue weighted by Crippen LogP contribution is -2.43. The van der Waals surface area contributed by atoms with Crippen molar-refractivity contribution in [3.8, 4) is 0 Å². The lowest BCUT2D eigenvalue weighted by Gasteiger charge is -2.32. The molecule has 1 fully saturated rings. The Morgan fingerprint density at radius 2 is 1.56 bits per heavy atom. The smallest absolute Gasteiger partial charge is 0.247 e. The SMILES string of the molecule is O=C(NCc1ccccn1)[C@H](c1ccccc1)N(Cc1ccc(Cl)cc1)C(=O)CCc1ccc(S(=O)(=O)NC2CC2)cc1. The van der Waals surface area contributed by atoms with Gasteiger partial charge in [-0.05, 0) is 72.4 Å². The molecular weight excluding hydrogens is 584 g/mol. The number of amides is 2. The minimum Gasteiger partial charge on any atom is -0.348 e. The van der Waals surface area contributed by atoms with Crippen LogP contribution in [0.5, 0.6) is 0 Å². The average Bonchev–Trinajstić information content (AvgIpc) is 3.84. The number of aryl methyl sites for hydroxylation is 1. The van der Waals surface area contributed by atoms with Crippen molar-refractivity contribution >= 4 is 33.4 Å². The maximum atomic E-state index is 13.9. The predicted molar refractivity (Wildman–Crippen MR) is 165 cm³/mol. The fourth-order valence-corrected chi connectivity index (χ4v) is 6.14. The number of carbonyl (C=O) groups is 2. The van der Waals surface area contributed by atoms with Gasteiger partial charge in [-0.3, -0.25) is 14.6 Å². The van der Waals surface area contributed by atoms with E-state index in [1.54, 1.807) is 47.5 Å². The summed E-state index contributed by atoms with van der Waals surface area (Å²) in [5.41, 5.74) is 3.03. The molecule has 2 N–H and O–H groups in total. The first kappa shape index (κ1) is 30.4. The number of nitrogens with one attached hydrogen (secondary N) is 2. The molecule has 222 valence electrons. The third kappa shape index (κ3) is 8.50. The van der Waals surface area contributed by atoms with Gasteiger partial charge in [-0.1, -0.05) is 72.3 Å². The van der Waals surface area contributed by atoms with Crippen molar-refractivity contribution in [1.82, 2.24) is 19.9 Å². The van der Waals surface area contributed by atoms with Gasteiger partial charge in [0.1, 0.15) is 6.04 Å². The summed E-state index contributed by atoms with van der Waals surface area (Å²) in [5.74, 6) is -0.541. The summed E-state index contributed by atoms with van der Waals surface area (Å²) >= 11 is 6.11. The standard InChI is InChI=1S/C33H33ClN4O4S/c34-27-14-9-25(10-15-27)23-38(31(39)20-13-24-11-18-30(19-12-24)43(41,42)37-28-16-17-28)32(26-6-2-1-3-7-26)33(40)36-22-29-8-4-5-21-35-29/h1-12,14-15,18-19,21,28,32,37H,13,16-17,20,22-23H2,(H,36,40)/t32-/m0/s1. The van der Waals surface area contributed by atoms with Crippen LogP contribution in [0.1, 0.15) is 47.7 Å². The number of halogens is 1. The molecule has 1 saturated carbocycles. The second-order valence-electron chi connectivity index (χ2n) is 10.5. The molecule has 5 rings (SSSR count). The van der Waals surface area contributed by atoms with Crippen molar-refractivity contribution in [1.29, 1.82) is 0 Å². The number of carbonyl (C=O) groups excluding carboxylic acids is 2. The molecule has 3 aromatic carbocycles. The first-order valence-corrected chi connectivity index (χ1v) is 16.0. The van der Waals surface area contributed by atoms with Gasteiger partial charge in [0.05, 0.1) is 17.1 Å². The number of benzene rings is 3. The molecule has 0 radical (unpaired) electrons. The molecule has 0 bridgehead atoms. The van der Waals surface area contributed by atoms with Gasteiger partial charge < -0.3 is 10.2 Å². The average molecular weight is 617 g/mol. The molecule has 8 nitrogen and oxygen atoms in total. The summed E-state index contributed by atoms with van der Waals surface area (Å²) in [6.45, 7) is 0.410. The summed E-state index contributed by atoms with van der Waals surface area (Å²) in [7, 11) is -3.56. The molecule has 1 aliphatic rings. The maximum Gasteiger partial charge on any atom is 0.247 e. The van der Waals surface area contributed by atoms with E-state index in [4.69, 9.17) is 11.6 Å². The van der Waals surface area contributed by atoms with Gasteiger partial charge in [-0.25, -0.2) is 13.1 Å². The Morgan fingerprint density at radius 3 is 2.21 bits per heavy atom. The van der Waals surface area contributed by atoms with E-state index in [0.29, 0.717) is 22.7 Å². The van der Waals surface area contributed by atoms with Crippen LogP contribution >= 0.6 is 11.6 Å². The van der Waals surface area contributed by atoms with Crippen LogP contribution in [0, 0.1) is 0 Å². The van der Waals surface area contributed by atoms with Crippen LogP contribution in [0.4, 0.5) is 0 Å². The number of hydrogen-bond acceptors (Lipinski definition) is 5. The van der Waals surface area contributed by atoms with Crippen LogP contribution < -0.4 is 10.0 Å². The third-order valence-corrected chi connectivity index (χ3v) is 8.98.